The summed E-state index contributed by atoms with van der Waals surface area (Å²) >= 11 is 3.37. The summed E-state index contributed by atoms with van der Waals surface area (Å²) in [5, 5.41) is 12.3. The topological polar surface area (TPSA) is 58.6 Å². The number of hydrogen-bond donors (Lipinski definition) is 2. The Morgan fingerprint density at radius 3 is 2.94 bits per heavy atom. The third-order valence-corrected chi connectivity index (χ3v) is 2.82. The molecule has 0 bridgehead atoms. The van der Waals surface area contributed by atoms with Crippen LogP contribution in [-0.2, 0) is 4.74 Å². The fraction of sp³-hybridized carbons (Fsp3) is 0.417. The first-order chi connectivity index (χ1) is 8.04. The molecule has 1 unspecified atom stereocenters. The number of hydrogen-bond acceptors (Lipinski definition) is 3. The number of alkyl halides is 1. The molecule has 5 heteroatoms. The van der Waals surface area contributed by atoms with Gasteiger partial charge >= 0.3 is 0 Å². The molecule has 4 nitrogen and oxygen atoms in total. The zero-order valence-corrected chi connectivity index (χ0v) is 11.5. The highest BCUT2D eigenvalue weighted by molar-refractivity contribution is 9.09. The molecule has 0 aliphatic carbocycles. The molecule has 0 saturated carbocycles. The van der Waals surface area contributed by atoms with Crippen molar-refractivity contribution < 1.29 is 14.6 Å². The van der Waals surface area contributed by atoms with Crippen molar-refractivity contribution in [2.24, 2.45) is 0 Å². The van der Waals surface area contributed by atoms with E-state index in [2.05, 4.69) is 21.2 Å². The summed E-state index contributed by atoms with van der Waals surface area (Å²) < 4.78 is 4.94. The molecule has 1 rings (SSSR count). The van der Waals surface area contributed by atoms with Crippen LogP contribution in [0.25, 0.3) is 0 Å². The van der Waals surface area contributed by atoms with E-state index in [0.29, 0.717) is 18.7 Å². The van der Waals surface area contributed by atoms with Crippen LogP contribution < -0.4 is 5.32 Å². The fourth-order valence-electron chi connectivity index (χ4n) is 1.37. The maximum Gasteiger partial charge on any atom is 0.255 e. The number of ether oxygens (including phenoxy) is 1. The molecule has 17 heavy (non-hydrogen) atoms. The first-order valence-electron chi connectivity index (χ1n) is 5.25. The van der Waals surface area contributed by atoms with Gasteiger partial charge in [-0.3, -0.25) is 4.79 Å². The Balaban J connectivity index is 2.61. The number of benzene rings is 1. The predicted octanol–water partition coefficient (Wildman–Crippen LogP) is 1.84. The van der Waals surface area contributed by atoms with E-state index >= 15 is 0 Å². The third kappa shape index (κ3) is 4.36. The number of methoxy groups -OCH3 is 1. The van der Waals surface area contributed by atoms with Crippen LogP contribution in [0.3, 0.4) is 0 Å². The minimum absolute atomic E-state index is 0.00837. The molecule has 0 heterocycles. The largest absolute Gasteiger partial charge is 0.507 e. The third-order valence-electron chi connectivity index (χ3n) is 2.23. The van der Waals surface area contributed by atoms with Crippen LogP contribution in [0.15, 0.2) is 18.2 Å². The minimum Gasteiger partial charge on any atom is -0.507 e. The normalized spacial score (nSPS) is 12.2. The lowest BCUT2D eigenvalue weighted by atomic mass is 10.1. The first kappa shape index (κ1) is 14.0. The highest BCUT2D eigenvalue weighted by Gasteiger charge is 2.12. The monoisotopic (exact) mass is 301 g/mol. The summed E-state index contributed by atoms with van der Waals surface area (Å²) in [4.78, 5) is 11.9. The smallest absolute Gasteiger partial charge is 0.255 e. The van der Waals surface area contributed by atoms with Gasteiger partial charge in [-0.2, -0.15) is 0 Å². The maximum absolute atomic E-state index is 11.8. The lowest BCUT2D eigenvalue weighted by molar-refractivity contribution is 0.0947. The SMILES string of the molecule is COCC(Br)CNC(=O)c1cc(C)ccc1O. The van der Waals surface area contributed by atoms with Crippen LogP contribution in [0.5, 0.6) is 5.75 Å². The highest BCUT2D eigenvalue weighted by Crippen LogP contribution is 2.17. The number of phenols is 1. The van der Waals surface area contributed by atoms with Crippen LogP contribution in [0.2, 0.25) is 0 Å². The number of halogens is 1. The number of phenolic OH excluding ortho intramolecular Hbond substituents is 1. The van der Waals surface area contributed by atoms with Crippen molar-refractivity contribution in [1.82, 2.24) is 5.32 Å². The average molecular weight is 302 g/mol. The Morgan fingerprint density at radius 2 is 2.29 bits per heavy atom. The number of carbonyl (C=O) groups excluding carboxylic acids is 1. The Hall–Kier alpha value is -1.07. The number of aromatic hydroxyl groups is 1. The average Bonchev–Trinajstić information content (AvgIpc) is 2.29. The molecule has 0 aromatic heterocycles. The number of rotatable bonds is 5. The lowest BCUT2D eigenvalue weighted by Gasteiger charge is -2.11. The zero-order chi connectivity index (χ0) is 12.8. The zero-order valence-electron chi connectivity index (χ0n) is 9.87. The van der Waals surface area contributed by atoms with E-state index in [0.717, 1.165) is 5.56 Å². The van der Waals surface area contributed by atoms with E-state index in [1.165, 1.54) is 6.07 Å². The summed E-state index contributed by atoms with van der Waals surface area (Å²) in [6.07, 6.45) is 0. The molecule has 0 fully saturated rings. The van der Waals surface area contributed by atoms with Crippen LogP contribution in [0, 0.1) is 6.92 Å². The fourth-order valence-corrected chi connectivity index (χ4v) is 1.80. The second-order valence-electron chi connectivity index (χ2n) is 3.78. The van der Waals surface area contributed by atoms with Crippen molar-refractivity contribution in [3.8, 4) is 5.75 Å². The second kappa shape index (κ2) is 6.61. The van der Waals surface area contributed by atoms with E-state index in [4.69, 9.17) is 4.74 Å². The van der Waals surface area contributed by atoms with Gasteiger partial charge in [0.15, 0.2) is 0 Å². The number of aryl methyl sites for hydroxylation is 1. The van der Waals surface area contributed by atoms with Gasteiger partial charge in [0, 0.05) is 13.7 Å². The standard InChI is InChI=1S/C12H16BrNO3/c1-8-3-4-11(15)10(5-8)12(16)14-6-9(13)7-17-2/h3-5,9,15H,6-7H2,1-2H3,(H,14,16). The maximum atomic E-state index is 11.8. The summed E-state index contributed by atoms with van der Waals surface area (Å²) in [5.74, 6) is -0.294. The van der Waals surface area contributed by atoms with E-state index < -0.39 is 0 Å². The second-order valence-corrected chi connectivity index (χ2v) is 5.08. The molecule has 1 aromatic carbocycles. The number of amides is 1. The predicted molar refractivity (Wildman–Crippen MR) is 69.8 cm³/mol. The molecule has 1 aromatic rings. The lowest BCUT2D eigenvalue weighted by Crippen LogP contribution is -2.31. The Labute approximate surface area is 109 Å². The molecule has 0 radical (unpaired) electrons. The Bertz CT molecular complexity index is 395. The summed E-state index contributed by atoms with van der Waals surface area (Å²) in [6, 6.07) is 4.93. The van der Waals surface area contributed by atoms with Crippen LogP contribution in [-0.4, -0.2) is 36.1 Å². The van der Waals surface area contributed by atoms with Crippen molar-refractivity contribution >= 4 is 21.8 Å². The van der Waals surface area contributed by atoms with Crippen molar-refractivity contribution in [2.75, 3.05) is 20.3 Å². The van der Waals surface area contributed by atoms with Crippen LogP contribution in [0.1, 0.15) is 15.9 Å². The van der Waals surface area contributed by atoms with Gasteiger partial charge in [0.1, 0.15) is 5.75 Å². The number of carbonyl (C=O) groups is 1. The van der Waals surface area contributed by atoms with Gasteiger partial charge in [0.25, 0.3) is 5.91 Å². The summed E-state index contributed by atoms with van der Waals surface area (Å²) in [7, 11) is 1.60. The van der Waals surface area contributed by atoms with Gasteiger partial charge in [-0.1, -0.05) is 27.6 Å². The molecular weight excluding hydrogens is 286 g/mol. The Kier molecular flexibility index (Phi) is 5.44. The van der Waals surface area contributed by atoms with E-state index in [-0.39, 0.29) is 16.5 Å². The van der Waals surface area contributed by atoms with Gasteiger partial charge in [0.05, 0.1) is 17.0 Å². The molecule has 1 amide bonds. The van der Waals surface area contributed by atoms with Gasteiger partial charge in [-0.05, 0) is 19.1 Å². The molecule has 0 saturated heterocycles. The summed E-state index contributed by atoms with van der Waals surface area (Å²) in [6.45, 7) is 2.83. The van der Waals surface area contributed by atoms with Crippen molar-refractivity contribution in [3.63, 3.8) is 0 Å². The molecular formula is C12H16BrNO3. The molecule has 0 aliphatic rings. The first-order valence-corrected chi connectivity index (χ1v) is 6.17. The van der Waals surface area contributed by atoms with Crippen molar-refractivity contribution in [1.29, 1.82) is 0 Å². The van der Waals surface area contributed by atoms with Gasteiger partial charge in [-0.25, -0.2) is 0 Å². The molecule has 0 spiro atoms. The Morgan fingerprint density at radius 1 is 1.59 bits per heavy atom. The van der Waals surface area contributed by atoms with Gasteiger partial charge < -0.3 is 15.2 Å². The van der Waals surface area contributed by atoms with Gasteiger partial charge in [0.2, 0.25) is 0 Å². The highest BCUT2D eigenvalue weighted by atomic mass is 79.9. The quantitative estimate of drug-likeness (QED) is 0.816. The van der Waals surface area contributed by atoms with Gasteiger partial charge in [-0.15, -0.1) is 0 Å². The van der Waals surface area contributed by atoms with E-state index in [1.807, 2.05) is 6.92 Å². The molecule has 2 N–H and O–H groups in total. The van der Waals surface area contributed by atoms with Crippen molar-refractivity contribution in [3.05, 3.63) is 29.3 Å². The van der Waals surface area contributed by atoms with Crippen molar-refractivity contribution in [2.45, 2.75) is 11.8 Å². The van der Waals surface area contributed by atoms with Crippen LogP contribution in [0.4, 0.5) is 0 Å². The summed E-state index contributed by atoms with van der Waals surface area (Å²) in [5.41, 5.74) is 1.22. The molecule has 1 atom stereocenters. The van der Waals surface area contributed by atoms with E-state index in [9.17, 15) is 9.90 Å². The minimum atomic E-state index is -0.285. The number of nitrogens with one attached hydrogen (secondary N) is 1. The van der Waals surface area contributed by atoms with Crippen LogP contribution >= 0.6 is 15.9 Å². The molecule has 0 aliphatic heterocycles. The van der Waals surface area contributed by atoms with E-state index in [1.54, 1.807) is 19.2 Å². The molecule has 94 valence electrons.